The van der Waals surface area contributed by atoms with E-state index in [2.05, 4.69) is 10.3 Å². The van der Waals surface area contributed by atoms with Gasteiger partial charge in [0, 0.05) is 24.4 Å². The van der Waals surface area contributed by atoms with Crippen LogP contribution in [0.2, 0.25) is 0 Å². The van der Waals surface area contributed by atoms with E-state index < -0.39 is 0 Å². The normalized spacial score (nSPS) is 14.9. The number of fused-ring (bicyclic) bond motifs is 1. The summed E-state index contributed by atoms with van der Waals surface area (Å²) in [5.41, 5.74) is 1.96. The Morgan fingerprint density at radius 2 is 2.43 bits per heavy atom. The third-order valence-corrected chi connectivity index (χ3v) is 2.32. The van der Waals surface area contributed by atoms with Gasteiger partial charge in [-0.3, -0.25) is 4.98 Å². The molecule has 0 bridgehead atoms. The van der Waals surface area contributed by atoms with Gasteiger partial charge < -0.3 is 10.1 Å². The van der Waals surface area contributed by atoms with Gasteiger partial charge in [-0.05, 0) is 6.07 Å². The third kappa shape index (κ3) is 1.61. The Bertz CT molecular complexity index is 401. The van der Waals surface area contributed by atoms with E-state index >= 15 is 0 Å². The smallest absolute Gasteiger partial charge is 0.147 e. The van der Waals surface area contributed by atoms with Crippen LogP contribution in [0.25, 0.3) is 5.76 Å². The van der Waals surface area contributed by atoms with Crippen LogP contribution in [0.15, 0.2) is 24.4 Å². The monoisotopic (exact) mass is 206 g/mol. The van der Waals surface area contributed by atoms with Gasteiger partial charge in [0.05, 0.1) is 7.11 Å². The molecule has 1 aromatic rings. The molecule has 14 heavy (non-hydrogen) atoms. The Labute approximate surface area is 87.8 Å². The first-order valence-electron chi connectivity index (χ1n) is 4.29. The number of methoxy groups -OCH3 is 1. The molecule has 0 unspecified atom stereocenters. The molecule has 4 heteroatoms. The standard InChI is InChI=1S/C10H10N2OS/c1-13-8-5-9(14)12-6-7-3-2-4-11-10(7)8/h2-5H,6H2,1H3,(H,12,14). The van der Waals surface area contributed by atoms with Gasteiger partial charge in [0.25, 0.3) is 0 Å². The molecule has 0 aromatic carbocycles. The van der Waals surface area contributed by atoms with Crippen LogP contribution in [0.4, 0.5) is 0 Å². The number of ether oxygens (including phenoxy) is 1. The summed E-state index contributed by atoms with van der Waals surface area (Å²) in [5.74, 6) is 0.718. The lowest BCUT2D eigenvalue weighted by atomic mass is 10.2. The summed E-state index contributed by atoms with van der Waals surface area (Å²) in [6.45, 7) is 0.700. The molecule has 72 valence electrons. The van der Waals surface area contributed by atoms with E-state index in [1.54, 1.807) is 19.4 Å². The minimum Gasteiger partial charge on any atom is -0.494 e. The van der Waals surface area contributed by atoms with Crippen molar-refractivity contribution in [2.45, 2.75) is 6.54 Å². The van der Waals surface area contributed by atoms with E-state index in [1.807, 2.05) is 12.1 Å². The number of aromatic nitrogens is 1. The van der Waals surface area contributed by atoms with Gasteiger partial charge in [-0.2, -0.15) is 0 Å². The van der Waals surface area contributed by atoms with Crippen molar-refractivity contribution in [2.75, 3.05) is 7.11 Å². The fourth-order valence-corrected chi connectivity index (χ4v) is 1.56. The lowest BCUT2D eigenvalue weighted by Crippen LogP contribution is -2.17. The number of hydrogen-bond acceptors (Lipinski definition) is 3. The Balaban J connectivity index is 2.52. The van der Waals surface area contributed by atoms with Gasteiger partial charge >= 0.3 is 0 Å². The molecule has 0 saturated carbocycles. The minimum absolute atomic E-state index is 0.680. The quantitative estimate of drug-likeness (QED) is 0.706. The van der Waals surface area contributed by atoms with Gasteiger partial charge in [0.15, 0.2) is 0 Å². The van der Waals surface area contributed by atoms with E-state index in [1.165, 1.54) is 0 Å². The summed E-state index contributed by atoms with van der Waals surface area (Å²) in [4.78, 5) is 4.95. The van der Waals surface area contributed by atoms with E-state index in [-0.39, 0.29) is 0 Å². The fraction of sp³-hybridized carbons (Fsp3) is 0.200. The number of nitrogens with zero attached hydrogens (tertiary/aromatic N) is 1. The predicted molar refractivity (Wildman–Crippen MR) is 58.7 cm³/mol. The number of thiocarbonyl (C=S) groups is 1. The van der Waals surface area contributed by atoms with Crippen LogP contribution in [0.3, 0.4) is 0 Å². The molecule has 0 aliphatic carbocycles. The lowest BCUT2D eigenvalue weighted by Gasteiger charge is -2.06. The molecule has 0 spiro atoms. The third-order valence-electron chi connectivity index (χ3n) is 2.06. The number of hydrogen-bond donors (Lipinski definition) is 1. The highest BCUT2D eigenvalue weighted by atomic mass is 32.1. The molecule has 0 fully saturated rings. The van der Waals surface area contributed by atoms with Crippen LogP contribution in [-0.4, -0.2) is 17.1 Å². The van der Waals surface area contributed by atoms with Crippen LogP contribution in [0, 0.1) is 0 Å². The molecule has 0 atom stereocenters. The van der Waals surface area contributed by atoms with Crippen molar-refractivity contribution in [3.05, 3.63) is 35.7 Å². The number of rotatable bonds is 1. The molecular weight excluding hydrogens is 196 g/mol. The average Bonchev–Trinajstić information content (AvgIpc) is 2.38. The van der Waals surface area contributed by atoms with Gasteiger partial charge in [0.2, 0.25) is 0 Å². The second-order valence-corrected chi connectivity index (χ2v) is 3.38. The topological polar surface area (TPSA) is 34.1 Å². The van der Waals surface area contributed by atoms with Crippen LogP contribution in [-0.2, 0) is 11.3 Å². The summed E-state index contributed by atoms with van der Waals surface area (Å²) in [5, 5.41) is 3.10. The van der Waals surface area contributed by atoms with E-state index in [0.717, 1.165) is 17.0 Å². The molecule has 1 aliphatic rings. The highest BCUT2D eigenvalue weighted by Crippen LogP contribution is 2.19. The Morgan fingerprint density at radius 3 is 3.21 bits per heavy atom. The molecule has 0 saturated heterocycles. The van der Waals surface area contributed by atoms with E-state index in [0.29, 0.717) is 11.5 Å². The Kier molecular flexibility index (Phi) is 2.45. The Hall–Kier alpha value is -1.42. The molecule has 1 N–H and O–H groups in total. The molecule has 1 aliphatic heterocycles. The van der Waals surface area contributed by atoms with Crippen molar-refractivity contribution < 1.29 is 4.74 Å². The maximum Gasteiger partial charge on any atom is 0.147 e. The molecule has 2 rings (SSSR count). The largest absolute Gasteiger partial charge is 0.494 e. The summed E-state index contributed by atoms with van der Waals surface area (Å²) in [7, 11) is 1.62. The molecule has 0 amide bonds. The first kappa shape index (κ1) is 9.15. The summed E-state index contributed by atoms with van der Waals surface area (Å²) in [6, 6.07) is 3.91. The molecule has 1 aromatic heterocycles. The van der Waals surface area contributed by atoms with E-state index in [4.69, 9.17) is 17.0 Å². The fourth-order valence-electron chi connectivity index (χ4n) is 1.38. The first-order valence-corrected chi connectivity index (χ1v) is 4.70. The average molecular weight is 206 g/mol. The highest BCUT2D eigenvalue weighted by molar-refractivity contribution is 7.80. The summed E-state index contributed by atoms with van der Waals surface area (Å²) in [6.07, 6.45) is 3.54. The highest BCUT2D eigenvalue weighted by Gasteiger charge is 2.13. The molecule has 0 radical (unpaired) electrons. The second kappa shape index (κ2) is 3.75. The van der Waals surface area contributed by atoms with Crippen LogP contribution in [0.5, 0.6) is 0 Å². The van der Waals surface area contributed by atoms with Crippen LogP contribution < -0.4 is 5.32 Å². The number of nitrogens with one attached hydrogen (secondary N) is 1. The zero-order valence-electron chi connectivity index (χ0n) is 7.78. The second-order valence-electron chi connectivity index (χ2n) is 2.94. The Morgan fingerprint density at radius 1 is 1.57 bits per heavy atom. The van der Waals surface area contributed by atoms with Crippen LogP contribution >= 0.6 is 12.2 Å². The van der Waals surface area contributed by atoms with Crippen LogP contribution in [0.1, 0.15) is 11.3 Å². The lowest BCUT2D eigenvalue weighted by molar-refractivity contribution is 0.368. The summed E-state index contributed by atoms with van der Waals surface area (Å²) >= 11 is 5.09. The predicted octanol–water partition coefficient (Wildman–Crippen LogP) is 1.50. The summed E-state index contributed by atoms with van der Waals surface area (Å²) < 4.78 is 5.24. The number of pyridine rings is 1. The van der Waals surface area contributed by atoms with Gasteiger partial charge in [-0.25, -0.2) is 0 Å². The van der Waals surface area contributed by atoms with Crippen molar-refractivity contribution in [3.8, 4) is 0 Å². The maximum absolute atomic E-state index is 5.24. The van der Waals surface area contributed by atoms with Gasteiger partial charge in [-0.1, -0.05) is 18.3 Å². The van der Waals surface area contributed by atoms with Crippen molar-refractivity contribution in [2.24, 2.45) is 0 Å². The molecule has 2 heterocycles. The van der Waals surface area contributed by atoms with Gasteiger partial charge in [-0.15, -0.1) is 0 Å². The van der Waals surface area contributed by atoms with Crippen molar-refractivity contribution in [1.82, 2.24) is 10.3 Å². The molecule has 3 nitrogen and oxygen atoms in total. The SMILES string of the molecule is COC1=CC(=S)NCc2cccnc21. The minimum atomic E-state index is 0.680. The van der Waals surface area contributed by atoms with E-state index in [9.17, 15) is 0 Å². The first-order chi connectivity index (χ1) is 6.81. The molecular formula is C10H10N2OS. The van der Waals surface area contributed by atoms with Crippen molar-refractivity contribution in [1.29, 1.82) is 0 Å². The maximum atomic E-state index is 5.24. The van der Waals surface area contributed by atoms with Gasteiger partial charge in [0.1, 0.15) is 16.4 Å². The van der Waals surface area contributed by atoms with Crippen molar-refractivity contribution in [3.63, 3.8) is 0 Å². The zero-order valence-corrected chi connectivity index (χ0v) is 8.60. The van der Waals surface area contributed by atoms with Crippen molar-refractivity contribution >= 4 is 23.0 Å². The zero-order chi connectivity index (χ0) is 9.97.